The summed E-state index contributed by atoms with van der Waals surface area (Å²) in [6.45, 7) is 6.36. The Morgan fingerprint density at radius 2 is 1.76 bits per heavy atom. The molecule has 0 unspecified atom stereocenters. The minimum Gasteiger partial charge on any atom is -0.372 e. The summed E-state index contributed by atoms with van der Waals surface area (Å²) in [6, 6.07) is 22.1. The maximum Gasteiger partial charge on any atom is 0.267 e. The highest BCUT2D eigenvalue weighted by molar-refractivity contribution is 7.29. The first kappa shape index (κ1) is 28.6. The van der Waals surface area contributed by atoms with Gasteiger partial charge in [-0.1, -0.05) is 42.9 Å². The summed E-state index contributed by atoms with van der Waals surface area (Å²) >= 11 is 2.78. The molecule has 9 nitrogen and oxygen atoms in total. The van der Waals surface area contributed by atoms with Gasteiger partial charge in [0.1, 0.15) is 22.7 Å². The number of hydrazine groups is 1. The lowest BCUT2D eigenvalue weighted by Gasteiger charge is -2.23. The Kier molecular flexibility index (Phi) is 8.63. The van der Waals surface area contributed by atoms with E-state index in [0.29, 0.717) is 15.7 Å². The van der Waals surface area contributed by atoms with Gasteiger partial charge in [0.15, 0.2) is 5.57 Å². The van der Waals surface area contributed by atoms with E-state index in [4.69, 9.17) is 0 Å². The molecule has 0 bridgehead atoms. The first-order chi connectivity index (χ1) is 20.5. The first-order valence-corrected chi connectivity index (χ1v) is 15.1. The molecule has 210 valence electrons. The highest BCUT2D eigenvalue weighted by Gasteiger charge is 2.42. The number of nitriles is 2. The standard InChI is InChI=1S/C31H27N7O2S2/c1-3-5-15-37(4-2)22-13-11-21(12-14-22)35-36-31-34-29-26(42-31)17-24(41-29)16-25-28(39)27(20(18-32)19-33)38(30(25)40)23-9-7-6-8-10-23/h6-14,16-17,35H,3-5,15H2,1-2H3,(H,34,36)/b25-16+. The van der Waals surface area contributed by atoms with Gasteiger partial charge in [0, 0.05) is 29.3 Å². The second-order valence-electron chi connectivity index (χ2n) is 9.38. The fourth-order valence-electron chi connectivity index (χ4n) is 4.57. The molecule has 11 heteroatoms. The number of benzene rings is 2. The van der Waals surface area contributed by atoms with E-state index in [0.717, 1.165) is 46.0 Å². The second-order valence-corrected chi connectivity index (χ2v) is 11.5. The quantitative estimate of drug-likeness (QED) is 0.0898. The Bertz CT molecular complexity index is 1730. The lowest BCUT2D eigenvalue weighted by molar-refractivity contribution is -0.115. The fraction of sp³-hybridized carbons (Fsp3) is 0.194. The number of anilines is 4. The van der Waals surface area contributed by atoms with Crippen molar-refractivity contribution in [2.45, 2.75) is 26.7 Å². The molecular formula is C31H27N7O2S2. The number of hydrogen-bond donors (Lipinski definition) is 2. The van der Waals surface area contributed by atoms with Crippen LogP contribution in [0.15, 0.2) is 77.5 Å². The highest BCUT2D eigenvalue weighted by atomic mass is 32.1. The van der Waals surface area contributed by atoms with Crippen molar-refractivity contribution in [3.05, 3.63) is 82.4 Å². The van der Waals surface area contributed by atoms with E-state index in [1.54, 1.807) is 42.5 Å². The summed E-state index contributed by atoms with van der Waals surface area (Å²) in [6.07, 6.45) is 3.83. The van der Waals surface area contributed by atoms with Crippen LogP contribution in [0.1, 0.15) is 31.6 Å². The van der Waals surface area contributed by atoms with Gasteiger partial charge in [-0.2, -0.15) is 10.5 Å². The highest BCUT2D eigenvalue weighted by Crippen LogP contribution is 2.37. The molecule has 2 aromatic carbocycles. The average Bonchev–Trinajstić information content (AvgIpc) is 3.65. The average molecular weight is 594 g/mol. The number of nitrogens with zero attached hydrogens (tertiary/aromatic N) is 5. The van der Waals surface area contributed by atoms with Gasteiger partial charge in [0.05, 0.1) is 16.0 Å². The summed E-state index contributed by atoms with van der Waals surface area (Å²) in [5, 5.41) is 19.6. The molecule has 0 atom stereocenters. The molecular weight excluding hydrogens is 567 g/mol. The van der Waals surface area contributed by atoms with Crippen LogP contribution in [0, 0.1) is 22.7 Å². The van der Waals surface area contributed by atoms with Gasteiger partial charge < -0.3 is 4.90 Å². The monoisotopic (exact) mass is 593 g/mol. The summed E-state index contributed by atoms with van der Waals surface area (Å²) in [4.78, 5) is 36.2. The largest absolute Gasteiger partial charge is 0.372 e. The van der Waals surface area contributed by atoms with Crippen LogP contribution in [0.2, 0.25) is 0 Å². The molecule has 2 N–H and O–H groups in total. The van der Waals surface area contributed by atoms with Gasteiger partial charge in [-0.25, -0.2) is 4.98 Å². The number of unbranched alkanes of at least 4 members (excludes halogenated alkanes) is 1. The van der Waals surface area contributed by atoms with Gasteiger partial charge in [0.25, 0.3) is 5.91 Å². The summed E-state index contributed by atoms with van der Waals surface area (Å²) in [5.74, 6) is -1.24. The normalized spacial score (nSPS) is 13.9. The number of amides is 1. The van der Waals surface area contributed by atoms with Gasteiger partial charge in [0.2, 0.25) is 10.9 Å². The Labute approximate surface area is 251 Å². The minimum absolute atomic E-state index is 0.106. The van der Waals surface area contributed by atoms with Crippen LogP contribution in [0.25, 0.3) is 15.6 Å². The van der Waals surface area contributed by atoms with Crippen LogP contribution in [-0.2, 0) is 9.59 Å². The maximum absolute atomic E-state index is 13.4. The SMILES string of the molecule is CCCCN(CC)c1ccc(NNc2nc3sc(/C=C4\C(=O)C(=C(C#N)C#N)N(c5ccccc5)C4=O)cc3s2)cc1. The first-order valence-electron chi connectivity index (χ1n) is 13.4. The fourth-order valence-corrected chi connectivity index (χ4v) is 6.60. The van der Waals surface area contributed by atoms with Crippen molar-refractivity contribution < 1.29 is 9.59 Å². The van der Waals surface area contributed by atoms with E-state index >= 15 is 0 Å². The van der Waals surface area contributed by atoms with E-state index in [1.165, 1.54) is 34.4 Å². The molecule has 1 amide bonds. The van der Waals surface area contributed by atoms with Crippen LogP contribution >= 0.6 is 22.7 Å². The Morgan fingerprint density at radius 3 is 2.40 bits per heavy atom. The molecule has 5 rings (SSSR count). The Hall–Kier alpha value is -4.97. The molecule has 0 radical (unpaired) electrons. The van der Waals surface area contributed by atoms with Crippen LogP contribution in [-0.4, -0.2) is 29.8 Å². The van der Waals surface area contributed by atoms with Crippen LogP contribution in [0.3, 0.4) is 0 Å². The molecule has 1 saturated heterocycles. The van der Waals surface area contributed by atoms with E-state index in [9.17, 15) is 20.1 Å². The molecule has 0 aliphatic carbocycles. The third-order valence-corrected chi connectivity index (χ3v) is 8.72. The number of carbonyl (C=O) groups is 2. The zero-order valence-corrected chi connectivity index (χ0v) is 24.7. The number of hydrogen-bond acceptors (Lipinski definition) is 10. The number of thiophene rings is 1. The number of allylic oxidation sites excluding steroid dienone is 2. The Morgan fingerprint density at radius 1 is 1.02 bits per heavy atom. The number of aromatic nitrogens is 1. The minimum atomic E-state index is -0.656. The molecule has 0 saturated carbocycles. The number of rotatable bonds is 10. The van der Waals surface area contributed by atoms with Crippen molar-refractivity contribution in [3.8, 4) is 12.1 Å². The predicted octanol–water partition coefficient (Wildman–Crippen LogP) is 6.72. The predicted molar refractivity (Wildman–Crippen MR) is 169 cm³/mol. The third kappa shape index (κ3) is 5.75. The van der Waals surface area contributed by atoms with Gasteiger partial charge >= 0.3 is 0 Å². The summed E-state index contributed by atoms with van der Waals surface area (Å²) in [5.41, 5.74) is 8.10. The number of thiazole rings is 1. The molecule has 1 aliphatic heterocycles. The lowest BCUT2D eigenvalue weighted by Crippen LogP contribution is -2.24. The summed E-state index contributed by atoms with van der Waals surface area (Å²) in [7, 11) is 0. The van der Waals surface area contributed by atoms with Gasteiger partial charge in [-0.3, -0.25) is 25.3 Å². The zero-order chi connectivity index (χ0) is 29.6. The molecule has 2 aromatic heterocycles. The number of Topliss-reactive ketones (excluding diaryl/α,β-unsaturated/α-hetero) is 1. The second kappa shape index (κ2) is 12.7. The number of nitrogens with one attached hydrogen (secondary N) is 2. The topological polar surface area (TPSA) is 125 Å². The summed E-state index contributed by atoms with van der Waals surface area (Å²) < 4.78 is 0.893. The van der Waals surface area contributed by atoms with E-state index in [-0.39, 0.29) is 11.3 Å². The van der Waals surface area contributed by atoms with E-state index < -0.39 is 17.3 Å². The van der Waals surface area contributed by atoms with Crippen molar-refractivity contribution in [2.24, 2.45) is 0 Å². The van der Waals surface area contributed by atoms with Crippen molar-refractivity contribution in [1.82, 2.24) is 4.98 Å². The zero-order valence-electron chi connectivity index (χ0n) is 23.0. The van der Waals surface area contributed by atoms with Crippen LogP contribution < -0.4 is 20.7 Å². The number of para-hydroxylation sites is 1. The van der Waals surface area contributed by atoms with Crippen molar-refractivity contribution in [3.63, 3.8) is 0 Å². The molecule has 1 fully saturated rings. The van der Waals surface area contributed by atoms with Gasteiger partial charge in [-0.05, 0) is 61.9 Å². The van der Waals surface area contributed by atoms with Crippen molar-refractivity contribution in [2.75, 3.05) is 33.7 Å². The molecule has 4 aromatic rings. The van der Waals surface area contributed by atoms with Crippen LogP contribution in [0.5, 0.6) is 0 Å². The van der Waals surface area contributed by atoms with Crippen LogP contribution in [0.4, 0.5) is 22.2 Å². The van der Waals surface area contributed by atoms with Crippen molar-refractivity contribution >= 4 is 72.2 Å². The lowest BCUT2D eigenvalue weighted by atomic mass is 10.1. The molecule has 42 heavy (non-hydrogen) atoms. The Balaban J connectivity index is 1.32. The van der Waals surface area contributed by atoms with Crippen molar-refractivity contribution in [1.29, 1.82) is 10.5 Å². The number of fused-ring (bicyclic) bond motifs is 1. The third-order valence-electron chi connectivity index (χ3n) is 6.70. The molecule has 0 spiro atoms. The number of ketones is 1. The maximum atomic E-state index is 13.4. The van der Waals surface area contributed by atoms with Gasteiger partial charge in [-0.15, -0.1) is 11.3 Å². The molecule has 1 aliphatic rings. The number of carbonyl (C=O) groups excluding carboxylic acids is 2. The molecule has 3 heterocycles. The smallest absolute Gasteiger partial charge is 0.267 e. The van der Waals surface area contributed by atoms with E-state index in [1.807, 2.05) is 18.2 Å². The van der Waals surface area contributed by atoms with E-state index in [2.05, 4.69) is 46.7 Å².